The van der Waals surface area contributed by atoms with Gasteiger partial charge in [0.25, 0.3) is 0 Å². The first-order valence-electron chi connectivity index (χ1n) is 7.47. The van der Waals surface area contributed by atoms with Crippen molar-refractivity contribution in [3.8, 4) is 0 Å². The normalized spacial score (nSPS) is 37.5. The topological polar surface area (TPSA) is 64.3 Å². The van der Waals surface area contributed by atoms with E-state index in [4.69, 9.17) is 10.5 Å². The van der Waals surface area contributed by atoms with Crippen molar-refractivity contribution in [3.05, 3.63) is 0 Å². The molecule has 4 nitrogen and oxygen atoms in total. The van der Waals surface area contributed by atoms with Crippen LogP contribution in [0.2, 0.25) is 0 Å². The Morgan fingerprint density at radius 1 is 1.47 bits per heavy atom. The fourth-order valence-electron chi connectivity index (χ4n) is 4.08. The third kappa shape index (κ3) is 2.29. The van der Waals surface area contributed by atoms with E-state index in [0.29, 0.717) is 12.0 Å². The van der Waals surface area contributed by atoms with E-state index in [0.717, 1.165) is 18.9 Å². The standard InChI is InChI=1S/C15H28N2O2/c1-5-17-11(13(16)18)9-19-12-8-10-6-7-15(12,4)14(10,2)3/h10-12,17H,5-9H2,1-4H3,(H2,16,18). The lowest BCUT2D eigenvalue weighted by atomic mass is 9.70. The van der Waals surface area contributed by atoms with Crippen LogP contribution in [-0.4, -0.2) is 31.2 Å². The van der Waals surface area contributed by atoms with Gasteiger partial charge in [0.1, 0.15) is 6.04 Å². The maximum Gasteiger partial charge on any atom is 0.236 e. The second-order valence-electron chi connectivity index (χ2n) is 6.95. The summed E-state index contributed by atoms with van der Waals surface area (Å²) >= 11 is 0. The molecule has 0 aliphatic heterocycles. The summed E-state index contributed by atoms with van der Waals surface area (Å²) in [6.45, 7) is 10.2. The van der Waals surface area contributed by atoms with Crippen molar-refractivity contribution >= 4 is 5.91 Å². The summed E-state index contributed by atoms with van der Waals surface area (Å²) in [6, 6.07) is -0.365. The molecule has 0 aromatic carbocycles. The molecule has 110 valence electrons. The number of ether oxygens (including phenoxy) is 1. The molecule has 0 spiro atoms. The number of carbonyl (C=O) groups excluding carboxylic acids is 1. The molecule has 0 aromatic rings. The van der Waals surface area contributed by atoms with Gasteiger partial charge in [-0.15, -0.1) is 0 Å². The molecule has 0 saturated heterocycles. The first-order valence-corrected chi connectivity index (χ1v) is 7.47. The lowest BCUT2D eigenvalue weighted by Crippen LogP contribution is -2.47. The van der Waals surface area contributed by atoms with Crippen LogP contribution in [0.4, 0.5) is 0 Å². The fraction of sp³-hybridized carbons (Fsp3) is 0.933. The average molecular weight is 268 g/mol. The minimum atomic E-state index is -0.365. The highest BCUT2D eigenvalue weighted by Crippen LogP contribution is 2.66. The number of nitrogens with one attached hydrogen (secondary N) is 1. The number of nitrogens with two attached hydrogens (primary N) is 1. The molecule has 2 aliphatic rings. The van der Waals surface area contributed by atoms with Gasteiger partial charge in [-0.05, 0) is 42.6 Å². The van der Waals surface area contributed by atoms with E-state index in [9.17, 15) is 4.79 Å². The lowest BCUT2D eigenvalue weighted by Gasteiger charge is -2.39. The Kier molecular flexibility index (Phi) is 3.94. The number of hydrogen-bond acceptors (Lipinski definition) is 3. The van der Waals surface area contributed by atoms with Crippen LogP contribution in [0.25, 0.3) is 0 Å². The van der Waals surface area contributed by atoms with E-state index in [2.05, 4.69) is 26.1 Å². The Morgan fingerprint density at radius 3 is 2.58 bits per heavy atom. The van der Waals surface area contributed by atoms with E-state index in [1.54, 1.807) is 0 Å². The molecular formula is C15H28N2O2. The largest absolute Gasteiger partial charge is 0.375 e. The van der Waals surface area contributed by atoms with Gasteiger partial charge < -0.3 is 15.8 Å². The van der Waals surface area contributed by atoms with Crippen LogP contribution in [0, 0.1) is 16.7 Å². The SMILES string of the molecule is CCNC(COC1CC2CCC1(C)C2(C)C)C(N)=O. The van der Waals surface area contributed by atoms with Gasteiger partial charge in [-0.3, -0.25) is 4.79 Å². The first kappa shape index (κ1) is 14.8. The van der Waals surface area contributed by atoms with Gasteiger partial charge in [0.15, 0.2) is 0 Å². The molecule has 0 aromatic heterocycles. The van der Waals surface area contributed by atoms with Gasteiger partial charge in [-0.1, -0.05) is 27.7 Å². The highest BCUT2D eigenvalue weighted by molar-refractivity contribution is 5.79. The Hall–Kier alpha value is -0.610. The lowest BCUT2D eigenvalue weighted by molar-refractivity contribution is -0.123. The van der Waals surface area contributed by atoms with Crippen molar-refractivity contribution < 1.29 is 9.53 Å². The van der Waals surface area contributed by atoms with E-state index >= 15 is 0 Å². The van der Waals surface area contributed by atoms with Gasteiger partial charge in [0.2, 0.25) is 5.91 Å². The summed E-state index contributed by atoms with van der Waals surface area (Å²) in [5.74, 6) is 0.433. The second-order valence-corrected chi connectivity index (χ2v) is 6.95. The van der Waals surface area contributed by atoms with Crippen LogP contribution in [0.3, 0.4) is 0 Å². The van der Waals surface area contributed by atoms with Crippen LogP contribution in [0.1, 0.15) is 47.0 Å². The summed E-state index contributed by atoms with van der Waals surface area (Å²) < 4.78 is 6.09. The first-order chi connectivity index (χ1) is 8.83. The molecule has 0 radical (unpaired) electrons. The smallest absolute Gasteiger partial charge is 0.236 e. The monoisotopic (exact) mass is 268 g/mol. The highest BCUT2D eigenvalue weighted by Gasteiger charge is 2.61. The van der Waals surface area contributed by atoms with Crippen LogP contribution < -0.4 is 11.1 Å². The Labute approximate surface area is 116 Å². The summed E-state index contributed by atoms with van der Waals surface area (Å²) in [7, 11) is 0. The van der Waals surface area contributed by atoms with E-state index in [-0.39, 0.29) is 23.5 Å². The van der Waals surface area contributed by atoms with Gasteiger partial charge in [0, 0.05) is 0 Å². The number of carbonyl (C=O) groups is 1. The maximum absolute atomic E-state index is 11.3. The van der Waals surface area contributed by atoms with E-state index < -0.39 is 0 Å². The minimum Gasteiger partial charge on any atom is -0.375 e. The molecule has 4 unspecified atom stereocenters. The molecule has 2 bridgehead atoms. The van der Waals surface area contributed by atoms with Crippen molar-refractivity contribution in [1.29, 1.82) is 0 Å². The molecule has 4 atom stereocenters. The van der Waals surface area contributed by atoms with Gasteiger partial charge in [-0.2, -0.15) is 0 Å². The maximum atomic E-state index is 11.3. The number of fused-ring (bicyclic) bond motifs is 2. The summed E-state index contributed by atoms with van der Waals surface area (Å²) in [4.78, 5) is 11.3. The van der Waals surface area contributed by atoms with Crippen LogP contribution in [0.5, 0.6) is 0 Å². The molecule has 1 amide bonds. The van der Waals surface area contributed by atoms with Gasteiger partial charge >= 0.3 is 0 Å². The zero-order valence-electron chi connectivity index (χ0n) is 12.7. The molecule has 2 fully saturated rings. The molecule has 4 heteroatoms. The quantitative estimate of drug-likeness (QED) is 0.770. The molecule has 2 aliphatic carbocycles. The number of rotatable bonds is 6. The molecular weight excluding hydrogens is 240 g/mol. The van der Waals surface area contributed by atoms with E-state index in [1.165, 1.54) is 12.8 Å². The molecule has 3 N–H and O–H groups in total. The number of hydrogen-bond donors (Lipinski definition) is 2. The molecule has 0 heterocycles. The minimum absolute atomic E-state index is 0.242. The zero-order chi connectivity index (χ0) is 14.3. The average Bonchev–Trinajstić information content (AvgIpc) is 2.66. The van der Waals surface area contributed by atoms with Crippen molar-refractivity contribution in [2.45, 2.75) is 59.1 Å². The van der Waals surface area contributed by atoms with Crippen molar-refractivity contribution in [2.24, 2.45) is 22.5 Å². The number of primary amides is 1. The van der Waals surface area contributed by atoms with Crippen LogP contribution >= 0.6 is 0 Å². The molecule has 19 heavy (non-hydrogen) atoms. The van der Waals surface area contributed by atoms with Gasteiger partial charge in [0.05, 0.1) is 12.7 Å². The Morgan fingerprint density at radius 2 is 2.16 bits per heavy atom. The number of amides is 1. The fourth-order valence-corrected chi connectivity index (χ4v) is 4.08. The third-order valence-electron chi connectivity index (χ3n) is 5.97. The predicted octanol–water partition coefficient (Wildman–Crippen LogP) is 1.68. The molecule has 2 rings (SSSR count). The van der Waals surface area contributed by atoms with E-state index in [1.807, 2.05) is 6.92 Å². The summed E-state index contributed by atoms with van der Waals surface area (Å²) in [6.07, 6.45) is 3.94. The van der Waals surface area contributed by atoms with Crippen LogP contribution in [-0.2, 0) is 9.53 Å². The predicted molar refractivity (Wildman–Crippen MR) is 75.6 cm³/mol. The second kappa shape index (κ2) is 5.06. The van der Waals surface area contributed by atoms with Crippen molar-refractivity contribution in [2.75, 3.05) is 13.2 Å². The summed E-state index contributed by atoms with van der Waals surface area (Å²) in [5, 5.41) is 3.08. The van der Waals surface area contributed by atoms with Crippen molar-refractivity contribution in [3.63, 3.8) is 0 Å². The van der Waals surface area contributed by atoms with Gasteiger partial charge in [-0.25, -0.2) is 0 Å². The molecule has 2 saturated carbocycles. The van der Waals surface area contributed by atoms with Crippen molar-refractivity contribution in [1.82, 2.24) is 5.32 Å². The van der Waals surface area contributed by atoms with Crippen LogP contribution in [0.15, 0.2) is 0 Å². The number of likely N-dealkylation sites (N-methyl/N-ethyl adjacent to an activating group) is 1. The third-order valence-corrected chi connectivity index (χ3v) is 5.97. The highest BCUT2D eigenvalue weighted by atomic mass is 16.5. The zero-order valence-corrected chi connectivity index (χ0v) is 12.7. The summed E-state index contributed by atoms with van der Waals surface area (Å²) in [5.41, 5.74) is 5.98. The Bertz CT molecular complexity index is 356. The Balaban J connectivity index is 1.96.